The van der Waals surface area contributed by atoms with E-state index in [1.54, 1.807) is 0 Å². The molecule has 0 radical (unpaired) electrons. The maximum absolute atomic E-state index is 11.9. The van der Waals surface area contributed by atoms with Gasteiger partial charge in [-0.1, -0.05) is 55.5 Å². The van der Waals surface area contributed by atoms with Gasteiger partial charge < -0.3 is 9.30 Å². The third kappa shape index (κ3) is 3.11. The van der Waals surface area contributed by atoms with Crippen molar-refractivity contribution < 1.29 is 9.53 Å². The van der Waals surface area contributed by atoms with Crippen LogP contribution in [-0.2, 0) is 16.6 Å². The molecule has 1 heterocycles. The molecule has 0 saturated carbocycles. The summed E-state index contributed by atoms with van der Waals surface area (Å²) in [6, 6.07) is 18.4. The number of nitrogens with zero attached hydrogens (tertiary/aromatic N) is 1. The molecule has 3 heteroatoms. The summed E-state index contributed by atoms with van der Waals surface area (Å²) in [5.74, 6) is -0.302. The fraction of sp³-hybridized carbons (Fsp3) is 0.190. The van der Waals surface area contributed by atoms with Gasteiger partial charge in [0, 0.05) is 29.6 Å². The Balaban J connectivity index is 2.11. The zero-order chi connectivity index (χ0) is 16.9. The van der Waals surface area contributed by atoms with E-state index in [0.717, 1.165) is 34.1 Å². The third-order valence-electron chi connectivity index (χ3n) is 4.03. The van der Waals surface area contributed by atoms with E-state index >= 15 is 0 Å². The average Bonchev–Trinajstić information content (AvgIpc) is 2.91. The Labute approximate surface area is 142 Å². The maximum Gasteiger partial charge on any atom is 0.330 e. The van der Waals surface area contributed by atoms with Gasteiger partial charge in [0.15, 0.2) is 0 Å². The Morgan fingerprint density at radius 1 is 1.08 bits per heavy atom. The minimum Gasteiger partial charge on any atom is -0.463 e. The van der Waals surface area contributed by atoms with E-state index in [4.69, 9.17) is 4.74 Å². The summed E-state index contributed by atoms with van der Waals surface area (Å²) < 4.78 is 7.31. The number of hydrogen-bond donors (Lipinski definition) is 0. The highest BCUT2D eigenvalue weighted by Gasteiger charge is 2.14. The first kappa shape index (κ1) is 16.1. The van der Waals surface area contributed by atoms with E-state index in [-0.39, 0.29) is 5.97 Å². The highest BCUT2D eigenvalue weighted by Crippen LogP contribution is 2.33. The lowest BCUT2D eigenvalue weighted by Crippen LogP contribution is -2.00. The Morgan fingerprint density at radius 2 is 1.79 bits per heavy atom. The van der Waals surface area contributed by atoms with Crippen LogP contribution in [0.3, 0.4) is 0 Å². The van der Waals surface area contributed by atoms with E-state index in [0.29, 0.717) is 6.61 Å². The summed E-state index contributed by atoms with van der Waals surface area (Å²) in [5, 5.41) is 1.12. The van der Waals surface area contributed by atoms with Gasteiger partial charge in [0.25, 0.3) is 0 Å². The molecule has 0 atom stereocenters. The van der Waals surface area contributed by atoms with Gasteiger partial charge in [-0.15, -0.1) is 0 Å². The normalized spacial score (nSPS) is 11.2. The van der Waals surface area contributed by atoms with Gasteiger partial charge >= 0.3 is 5.97 Å². The molecule has 3 nitrogen and oxygen atoms in total. The van der Waals surface area contributed by atoms with Gasteiger partial charge in [0.2, 0.25) is 0 Å². The lowest BCUT2D eigenvalue weighted by molar-refractivity contribution is -0.137. The summed E-state index contributed by atoms with van der Waals surface area (Å²) in [4.78, 5) is 11.9. The molecule has 1 aromatic heterocycles. The lowest BCUT2D eigenvalue weighted by atomic mass is 10.0. The van der Waals surface area contributed by atoms with E-state index < -0.39 is 0 Å². The van der Waals surface area contributed by atoms with Crippen LogP contribution in [0.4, 0.5) is 0 Å². The van der Waals surface area contributed by atoms with E-state index in [1.807, 2.05) is 43.3 Å². The largest absolute Gasteiger partial charge is 0.463 e. The van der Waals surface area contributed by atoms with Crippen LogP contribution < -0.4 is 0 Å². The number of fused-ring (bicyclic) bond motifs is 1. The first-order valence-electron chi connectivity index (χ1n) is 8.20. The van der Waals surface area contributed by atoms with Crippen LogP contribution >= 0.6 is 0 Å². The number of hydrogen-bond acceptors (Lipinski definition) is 2. The minimum absolute atomic E-state index is 0.302. The molecule has 0 fully saturated rings. The van der Waals surface area contributed by atoms with Crippen molar-refractivity contribution in [2.75, 3.05) is 6.61 Å². The number of carbonyl (C=O) groups excluding carboxylic acids is 1. The summed E-state index contributed by atoms with van der Waals surface area (Å²) in [7, 11) is 2.05. The number of benzene rings is 2. The van der Waals surface area contributed by atoms with Gasteiger partial charge in [-0.3, -0.25) is 0 Å². The second-order valence-corrected chi connectivity index (χ2v) is 5.71. The molecular weight excluding hydrogens is 298 g/mol. The SMILES string of the molecule is CCCOC(=O)/C=C/c1c(-c2ccccc2)n(C)c2ccccc12. The molecule has 3 aromatic rings. The second kappa shape index (κ2) is 7.18. The number of rotatable bonds is 5. The second-order valence-electron chi connectivity index (χ2n) is 5.71. The molecule has 2 aromatic carbocycles. The molecule has 0 bridgehead atoms. The van der Waals surface area contributed by atoms with E-state index in [9.17, 15) is 4.79 Å². The minimum atomic E-state index is -0.302. The third-order valence-corrected chi connectivity index (χ3v) is 4.03. The lowest BCUT2D eigenvalue weighted by Gasteiger charge is -2.06. The molecule has 0 spiro atoms. The highest BCUT2D eigenvalue weighted by atomic mass is 16.5. The number of para-hydroxylation sites is 1. The molecule has 3 rings (SSSR count). The standard InChI is InChI=1S/C21H21NO2/c1-3-15-24-20(23)14-13-18-17-11-7-8-12-19(17)22(2)21(18)16-9-5-4-6-10-16/h4-14H,3,15H2,1-2H3/b14-13+. The highest BCUT2D eigenvalue weighted by molar-refractivity contribution is 6.00. The van der Waals surface area contributed by atoms with Crippen molar-refractivity contribution in [3.63, 3.8) is 0 Å². The average molecular weight is 319 g/mol. The Kier molecular flexibility index (Phi) is 4.80. The number of aromatic nitrogens is 1. The maximum atomic E-state index is 11.9. The van der Waals surface area contributed by atoms with Gasteiger partial charge in [-0.05, 0) is 24.1 Å². The molecule has 0 aliphatic heterocycles. The molecule has 24 heavy (non-hydrogen) atoms. The molecule has 0 aliphatic carbocycles. The van der Waals surface area contributed by atoms with Gasteiger partial charge in [0.05, 0.1) is 12.3 Å². The predicted molar refractivity (Wildman–Crippen MR) is 98.6 cm³/mol. The number of aryl methyl sites for hydroxylation is 1. The van der Waals surface area contributed by atoms with E-state index in [1.165, 1.54) is 6.08 Å². The summed E-state index contributed by atoms with van der Waals surface area (Å²) >= 11 is 0. The zero-order valence-electron chi connectivity index (χ0n) is 14.0. The topological polar surface area (TPSA) is 31.2 Å². The van der Waals surface area contributed by atoms with Gasteiger partial charge in [0.1, 0.15) is 0 Å². The van der Waals surface area contributed by atoms with Crippen molar-refractivity contribution in [3.8, 4) is 11.3 Å². The first-order valence-corrected chi connectivity index (χ1v) is 8.20. The van der Waals surface area contributed by atoms with Crippen LogP contribution in [-0.4, -0.2) is 17.1 Å². The Bertz CT molecular complexity index is 875. The fourth-order valence-electron chi connectivity index (χ4n) is 2.94. The number of ether oxygens (including phenoxy) is 1. The number of esters is 1. The smallest absolute Gasteiger partial charge is 0.330 e. The van der Waals surface area contributed by atoms with Gasteiger partial charge in [-0.2, -0.15) is 0 Å². The van der Waals surface area contributed by atoms with Crippen molar-refractivity contribution in [1.82, 2.24) is 4.57 Å². The van der Waals surface area contributed by atoms with Crippen LogP contribution in [0, 0.1) is 0 Å². The summed E-state index contributed by atoms with van der Waals surface area (Å²) in [6.45, 7) is 2.43. The summed E-state index contributed by atoms with van der Waals surface area (Å²) in [6.07, 6.45) is 4.20. The van der Waals surface area contributed by atoms with Gasteiger partial charge in [-0.25, -0.2) is 4.79 Å². The molecule has 0 N–H and O–H groups in total. The first-order chi connectivity index (χ1) is 11.7. The molecule has 0 saturated heterocycles. The van der Waals surface area contributed by atoms with Crippen molar-refractivity contribution in [2.24, 2.45) is 7.05 Å². The van der Waals surface area contributed by atoms with Crippen LogP contribution in [0.5, 0.6) is 0 Å². The van der Waals surface area contributed by atoms with Crippen LogP contribution in [0.15, 0.2) is 60.7 Å². The molecule has 0 aliphatic rings. The fourth-order valence-corrected chi connectivity index (χ4v) is 2.94. The van der Waals surface area contributed by atoms with Crippen LogP contribution in [0.2, 0.25) is 0 Å². The molecule has 122 valence electrons. The summed E-state index contributed by atoms with van der Waals surface area (Å²) in [5.41, 5.74) is 4.39. The molecule has 0 amide bonds. The van der Waals surface area contributed by atoms with E-state index in [2.05, 4.69) is 35.9 Å². The van der Waals surface area contributed by atoms with Crippen LogP contribution in [0.25, 0.3) is 28.2 Å². The zero-order valence-corrected chi connectivity index (χ0v) is 14.0. The Morgan fingerprint density at radius 3 is 2.54 bits per heavy atom. The monoisotopic (exact) mass is 319 g/mol. The quantitative estimate of drug-likeness (QED) is 0.499. The molecular formula is C21H21NO2. The van der Waals surface area contributed by atoms with Crippen LogP contribution in [0.1, 0.15) is 18.9 Å². The van der Waals surface area contributed by atoms with Crippen molar-refractivity contribution >= 4 is 22.9 Å². The van der Waals surface area contributed by atoms with Crippen molar-refractivity contribution in [1.29, 1.82) is 0 Å². The van der Waals surface area contributed by atoms with Crippen molar-refractivity contribution in [3.05, 3.63) is 66.2 Å². The predicted octanol–water partition coefficient (Wildman–Crippen LogP) is 4.81. The Hall–Kier alpha value is -2.81. The van der Waals surface area contributed by atoms with Crippen molar-refractivity contribution in [2.45, 2.75) is 13.3 Å². The number of carbonyl (C=O) groups is 1. The molecule has 0 unspecified atom stereocenters.